The second kappa shape index (κ2) is 6.55. The average molecular weight is 308 g/mol. The van der Waals surface area contributed by atoms with Gasteiger partial charge in [0, 0.05) is 17.2 Å². The Kier molecular flexibility index (Phi) is 5.24. The van der Waals surface area contributed by atoms with Crippen LogP contribution in [0.1, 0.15) is 43.1 Å². The largest absolute Gasteiger partial charge is 0.481 e. The lowest BCUT2D eigenvalue weighted by Gasteiger charge is -2.33. The van der Waals surface area contributed by atoms with Crippen LogP contribution in [-0.2, 0) is 4.79 Å². The molecule has 0 aliphatic rings. The Morgan fingerprint density at radius 3 is 2.45 bits per heavy atom. The van der Waals surface area contributed by atoms with Crippen molar-refractivity contribution in [2.45, 2.75) is 39.7 Å². The monoisotopic (exact) mass is 308 g/mol. The number of hydrogen-bond donors (Lipinski definition) is 2. The van der Waals surface area contributed by atoms with Crippen LogP contribution in [0.15, 0.2) is 18.2 Å². The summed E-state index contributed by atoms with van der Waals surface area (Å²) in [5, 5.41) is 22.6. The number of benzene rings is 1. The first kappa shape index (κ1) is 17.6. The van der Waals surface area contributed by atoms with Crippen LogP contribution in [0.5, 0.6) is 0 Å². The van der Waals surface area contributed by atoms with Crippen LogP contribution in [0.4, 0.5) is 5.69 Å². The zero-order chi connectivity index (χ0) is 17.1. The predicted octanol–water partition coefficient (Wildman–Crippen LogP) is 2.52. The van der Waals surface area contributed by atoms with Crippen LogP contribution in [0.3, 0.4) is 0 Å². The molecule has 1 rings (SSSR count). The second-order valence-corrected chi connectivity index (χ2v) is 5.86. The minimum absolute atomic E-state index is 0.118. The fourth-order valence-corrected chi connectivity index (χ4v) is 1.99. The Morgan fingerprint density at radius 1 is 1.41 bits per heavy atom. The van der Waals surface area contributed by atoms with E-state index in [0.29, 0.717) is 5.56 Å². The van der Waals surface area contributed by atoms with Gasteiger partial charge in [-0.1, -0.05) is 19.9 Å². The van der Waals surface area contributed by atoms with Crippen molar-refractivity contribution in [3.05, 3.63) is 39.4 Å². The van der Waals surface area contributed by atoms with E-state index < -0.39 is 22.3 Å². The molecule has 1 atom stereocenters. The fourth-order valence-electron chi connectivity index (χ4n) is 1.99. The Balaban J connectivity index is 3.08. The zero-order valence-electron chi connectivity index (χ0n) is 13.0. The molecule has 2 N–H and O–H groups in total. The van der Waals surface area contributed by atoms with E-state index in [-0.39, 0.29) is 23.6 Å². The van der Waals surface area contributed by atoms with Gasteiger partial charge in [-0.3, -0.25) is 19.7 Å². The smallest absolute Gasteiger partial charge is 0.305 e. The standard InChI is InChI=1S/C15H20N2O5/c1-9(2)15(4,8-13(18)19)16-14(20)11-6-5-10(3)12(7-11)17(21)22/h5-7,9H,8H2,1-4H3,(H,16,20)(H,18,19). The van der Waals surface area contributed by atoms with E-state index in [0.717, 1.165) is 0 Å². The fraction of sp³-hybridized carbons (Fsp3) is 0.467. The number of nitro groups is 1. The van der Waals surface area contributed by atoms with Crippen LogP contribution < -0.4 is 5.32 Å². The first-order valence-corrected chi connectivity index (χ1v) is 6.86. The number of nitrogens with one attached hydrogen (secondary N) is 1. The first-order chi connectivity index (χ1) is 10.1. The number of amides is 1. The lowest BCUT2D eigenvalue weighted by molar-refractivity contribution is -0.385. The van der Waals surface area contributed by atoms with Crippen molar-refractivity contribution in [2.75, 3.05) is 0 Å². The molecule has 0 aromatic heterocycles. The molecule has 0 bridgehead atoms. The average Bonchev–Trinajstić information content (AvgIpc) is 2.37. The number of carboxylic acid groups (broad SMARTS) is 1. The number of aliphatic carboxylic acids is 1. The Bertz CT molecular complexity index is 612. The van der Waals surface area contributed by atoms with E-state index in [1.165, 1.54) is 18.2 Å². The third-order valence-electron chi connectivity index (χ3n) is 3.86. The lowest BCUT2D eigenvalue weighted by Crippen LogP contribution is -2.51. The van der Waals surface area contributed by atoms with Crippen LogP contribution >= 0.6 is 0 Å². The third-order valence-corrected chi connectivity index (χ3v) is 3.86. The normalized spacial score (nSPS) is 13.5. The van der Waals surface area contributed by atoms with Crippen molar-refractivity contribution >= 4 is 17.6 Å². The van der Waals surface area contributed by atoms with Crippen LogP contribution in [0.25, 0.3) is 0 Å². The molecule has 0 spiro atoms. The molecule has 7 nitrogen and oxygen atoms in total. The van der Waals surface area contributed by atoms with Crippen LogP contribution in [0, 0.1) is 23.0 Å². The highest BCUT2D eigenvalue weighted by molar-refractivity contribution is 5.95. The summed E-state index contributed by atoms with van der Waals surface area (Å²) in [4.78, 5) is 33.7. The zero-order valence-corrected chi connectivity index (χ0v) is 13.0. The molecule has 0 saturated carbocycles. The summed E-state index contributed by atoms with van der Waals surface area (Å²) in [6.07, 6.45) is -0.232. The van der Waals surface area contributed by atoms with Gasteiger partial charge >= 0.3 is 5.97 Å². The van der Waals surface area contributed by atoms with Gasteiger partial charge in [-0.05, 0) is 25.8 Å². The molecule has 1 amide bonds. The number of nitrogens with zero attached hydrogens (tertiary/aromatic N) is 1. The van der Waals surface area contributed by atoms with Gasteiger partial charge in [0.15, 0.2) is 0 Å². The summed E-state index contributed by atoms with van der Waals surface area (Å²) < 4.78 is 0. The number of aryl methyl sites for hydroxylation is 1. The summed E-state index contributed by atoms with van der Waals surface area (Å²) in [5.74, 6) is -1.67. The molecular weight excluding hydrogens is 288 g/mol. The van der Waals surface area contributed by atoms with E-state index in [1.54, 1.807) is 27.7 Å². The highest BCUT2D eigenvalue weighted by Crippen LogP contribution is 2.23. The van der Waals surface area contributed by atoms with E-state index in [9.17, 15) is 19.7 Å². The van der Waals surface area contributed by atoms with Crippen molar-refractivity contribution in [1.82, 2.24) is 5.32 Å². The van der Waals surface area contributed by atoms with Crippen LogP contribution in [-0.4, -0.2) is 27.4 Å². The van der Waals surface area contributed by atoms with Gasteiger partial charge in [0.2, 0.25) is 0 Å². The van der Waals surface area contributed by atoms with Gasteiger partial charge in [0.25, 0.3) is 11.6 Å². The minimum Gasteiger partial charge on any atom is -0.481 e. The minimum atomic E-state index is -1.02. The van der Waals surface area contributed by atoms with Gasteiger partial charge in [0.05, 0.1) is 16.9 Å². The number of carbonyl (C=O) groups is 2. The van der Waals surface area contributed by atoms with Crippen molar-refractivity contribution in [2.24, 2.45) is 5.92 Å². The molecule has 0 radical (unpaired) electrons. The molecule has 0 aliphatic carbocycles. The van der Waals surface area contributed by atoms with E-state index in [4.69, 9.17) is 5.11 Å². The van der Waals surface area contributed by atoms with Crippen LogP contribution in [0.2, 0.25) is 0 Å². The molecule has 120 valence electrons. The van der Waals surface area contributed by atoms with E-state index in [1.807, 2.05) is 0 Å². The third kappa shape index (κ3) is 4.03. The van der Waals surface area contributed by atoms with E-state index in [2.05, 4.69) is 5.32 Å². The van der Waals surface area contributed by atoms with Gasteiger partial charge in [-0.15, -0.1) is 0 Å². The molecule has 1 aromatic carbocycles. The molecule has 0 saturated heterocycles. The summed E-state index contributed by atoms with van der Waals surface area (Å²) in [7, 11) is 0. The maximum absolute atomic E-state index is 12.3. The van der Waals surface area contributed by atoms with E-state index >= 15 is 0 Å². The quantitative estimate of drug-likeness (QED) is 0.620. The Hall–Kier alpha value is -2.44. The van der Waals surface area contributed by atoms with Crippen molar-refractivity contribution in [1.29, 1.82) is 0 Å². The lowest BCUT2D eigenvalue weighted by atomic mass is 9.85. The van der Waals surface area contributed by atoms with Crippen molar-refractivity contribution in [3.8, 4) is 0 Å². The molecular formula is C15H20N2O5. The maximum Gasteiger partial charge on any atom is 0.305 e. The number of carboxylic acids is 1. The SMILES string of the molecule is Cc1ccc(C(=O)NC(C)(CC(=O)O)C(C)C)cc1[N+](=O)[O-]. The summed E-state index contributed by atoms with van der Waals surface area (Å²) in [6.45, 7) is 6.84. The van der Waals surface area contributed by atoms with Gasteiger partial charge in [0.1, 0.15) is 0 Å². The number of nitro benzene ring substituents is 1. The number of hydrogen-bond acceptors (Lipinski definition) is 4. The molecule has 1 unspecified atom stereocenters. The highest BCUT2D eigenvalue weighted by Gasteiger charge is 2.33. The maximum atomic E-state index is 12.3. The molecule has 1 aromatic rings. The molecule has 7 heteroatoms. The summed E-state index contributed by atoms with van der Waals surface area (Å²) >= 11 is 0. The Labute approximate surface area is 128 Å². The van der Waals surface area contributed by atoms with Gasteiger partial charge in [-0.25, -0.2) is 0 Å². The van der Waals surface area contributed by atoms with Crippen molar-refractivity contribution < 1.29 is 19.6 Å². The van der Waals surface area contributed by atoms with Crippen molar-refractivity contribution in [3.63, 3.8) is 0 Å². The van der Waals surface area contributed by atoms with Gasteiger partial charge in [-0.2, -0.15) is 0 Å². The topological polar surface area (TPSA) is 110 Å². The molecule has 0 aliphatic heterocycles. The highest BCUT2D eigenvalue weighted by atomic mass is 16.6. The van der Waals surface area contributed by atoms with Gasteiger partial charge < -0.3 is 10.4 Å². The summed E-state index contributed by atoms with van der Waals surface area (Å²) in [5.41, 5.74) is -0.492. The number of carbonyl (C=O) groups excluding carboxylic acids is 1. The molecule has 0 heterocycles. The number of rotatable bonds is 6. The second-order valence-electron chi connectivity index (χ2n) is 5.86. The predicted molar refractivity (Wildman–Crippen MR) is 80.8 cm³/mol. The molecule has 0 fully saturated rings. The summed E-state index contributed by atoms with van der Waals surface area (Å²) in [6, 6.07) is 4.18. The first-order valence-electron chi connectivity index (χ1n) is 6.86. The Morgan fingerprint density at radius 2 is 2.00 bits per heavy atom. The molecule has 22 heavy (non-hydrogen) atoms.